The van der Waals surface area contributed by atoms with Crippen LogP contribution in [0.25, 0.3) is 0 Å². The van der Waals surface area contributed by atoms with E-state index in [-0.39, 0.29) is 6.04 Å². The van der Waals surface area contributed by atoms with Crippen molar-refractivity contribution in [2.45, 2.75) is 31.8 Å². The Morgan fingerprint density at radius 2 is 1.95 bits per heavy atom. The summed E-state index contributed by atoms with van der Waals surface area (Å²) in [7, 11) is 0. The number of hydrogen-bond acceptors (Lipinski definition) is 3. The summed E-state index contributed by atoms with van der Waals surface area (Å²) in [5.41, 5.74) is 3.40. The van der Waals surface area contributed by atoms with Crippen LogP contribution < -0.4 is 5.32 Å². The largest absolute Gasteiger partial charge is 0.508 e. The van der Waals surface area contributed by atoms with Crippen LogP contribution in [0.2, 0.25) is 0 Å². The van der Waals surface area contributed by atoms with Gasteiger partial charge in [0.2, 0.25) is 0 Å². The molecule has 3 N–H and O–H groups in total. The van der Waals surface area contributed by atoms with Gasteiger partial charge in [-0.25, -0.2) is 0 Å². The van der Waals surface area contributed by atoms with Gasteiger partial charge >= 0.3 is 0 Å². The molecule has 0 amide bonds. The molecule has 3 nitrogen and oxygen atoms in total. The van der Waals surface area contributed by atoms with Crippen molar-refractivity contribution in [1.29, 1.82) is 0 Å². The number of aromatic hydroxyl groups is 2. The maximum atomic E-state index is 9.80. The van der Waals surface area contributed by atoms with Gasteiger partial charge in [-0.1, -0.05) is 24.3 Å². The minimum absolute atomic E-state index is 0.241. The lowest BCUT2D eigenvalue weighted by atomic mass is 9.87. The minimum atomic E-state index is 0.241. The highest BCUT2D eigenvalue weighted by molar-refractivity contribution is 5.39. The van der Waals surface area contributed by atoms with Crippen LogP contribution in [0.1, 0.15) is 35.6 Å². The van der Waals surface area contributed by atoms with E-state index < -0.39 is 0 Å². The summed E-state index contributed by atoms with van der Waals surface area (Å²) < 4.78 is 0. The summed E-state index contributed by atoms with van der Waals surface area (Å²) in [5.74, 6) is 0.645. The molecule has 0 aromatic heterocycles. The third kappa shape index (κ3) is 2.63. The predicted molar refractivity (Wildman–Crippen MR) is 78.7 cm³/mol. The van der Waals surface area contributed by atoms with Crippen molar-refractivity contribution >= 4 is 0 Å². The van der Waals surface area contributed by atoms with Crippen molar-refractivity contribution in [3.05, 3.63) is 59.2 Å². The summed E-state index contributed by atoms with van der Waals surface area (Å²) in [6, 6.07) is 13.3. The molecule has 1 unspecified atom stereocenters. The van der Waals surface area contributed by atoms with Gasteiger partial charge in [-0.2, -0.15) is 0 Å². The monoisotopic (exact) mass is 269 g/mol. The zero-order valence-electron chi connectivity index (χ0n) is 11.3. The number of fused-ring (bicyclic) bond motifs is 1. The Labute approximate surface area is 118 Å². The molecule has 104 valence electrons. The van der Waals surface area contributed by atoms with Crippen molar-refractivity contribution in [3.8, 4) is 11.5 Å². The van der Waals surface area contributed by atoms with Gasteiger partial charge in [0.1, 0.15) is 11.5 Å². The fraction of sp³-hybridized carbons (Fsp3) is 0.294. The van der Waals surface area contributed by atoms with Gasteiger partial charge < -0.3 is 15.5 Å². The topological polar surface area (TPSA) is 52.5 Å². The molecule has 0 spiro atoms. The third-order valence-corrected chi connectivity index (χ3v) is 3.97. The van der Waals surface area contributed by atoms with E-state index in [0.717, 1.165) is 24.8 Å². The summed E-state index contributed by atoms with van der Waals surface area (Å²) in [4.78, 5) is 0. The molecule has 0 aliphatic heterocycles. The Kier molecular flexibility index (Phi) is 3.61. The first-order valence-electron chi connectivity index (χ1n) is 7.06. The molecule has 3 heteroatoms. The van der Waals surface area contributed by atoms with Gasteiger partial charge in [0, 0.05) is 18.2 Å². The SMILES string of the molecule is Oc1ccc2c(c1)C(NCc1ccccc1O)CCC2. The van der Waals surface area contributed by atoms with Crippen LogP contribution in [0, 0.1) is 0 Å². The van der Waals surface area contributed by atoms with E-state index in [2.05, 4.69) is 5.32 Å². The Bertz CT molecular complexity index is 610. The van der Waals surface area contributed by atoms with Crippen molar-refractivity contribution in [3.63, 3.8) is 0 Å². The van der Waals surface area contributed by atoms with E-state index in [0.29, 0.717) is 18.0 Å². The molecule has 0 fully saturated rings. The number of phenols is 2. The molecule has 1 atom stereocenters. The first-order chi connectivity index (χ1) is 9.74. The molecule has 0 radical (unpaired) electrons. The average molecular weight is 269 g/mol. The fourth-order valence-electron chi connectivity index (χ4n) is 2.89. The number of rotatable bonds is 3. The van der Waals surface area contributed by atoms with Crippen molar-refractivity contribution in [2.24, 2.45) is 0 Å². The molecule has 2 aromatic rings. The van der Waals surface area contributed by atoms with E-state index in [1.54, 1.807) is 12.1 Å². The van der Waals surface area contributed by atoms with Gasteiger partial charge in [-0.15, -0.1) is 0 Å². The average Bonchev–Trinajstić information content (AvgIpc) is 2.46. The van der Waals surface area contributed by atoms with Gasteiger partial charge in [-0.3, -0.25) is 0 Å². The van der Waals surface area contributed by atoms with Crippen LogP contribution in [0.15, 0.2) is 42.5 Å². The van der Waals surface area contributed by atoms with Crippen LogP contribution >= 0.6 is 0 Å². The van der Waals surface area contributed by atoms with Crippen LogP contribution in [-0.2, 0) is 13.0 Å². The number of nitrogens with one attached hydrogen (secondary N) is 1. The van der Waals surface area contributed by atoms with Gasteiger partial charge in [0.25, 0.3) is 0 Å². The van der Waals surface area contributed by atoms with Crippen molar-refractivity contribution < 1.29 is 10.2 Å². The first-order valence-corrected chi connectivity index (χ1v) is 7.06. The highest BCUT2D eigenvalue weighted by Gasteiger charge is 2.20. The van der Waals surface area contributed by atoms with Crippen LogP contribution in [-0.4, -0.2) is 10.2 Å². The molecule has 0 saturated carbocycles. The van der Waals surface area contributed by atoms with Crippen LogP contribution in [0.4, 0.5) is 0 Å². The Morgan fingerprint density at radius 1 is 1.10 bits per heavy atom. The molecular formula is C17H19NO2. The fourth-order valence-corrected chi connectivity index (χ4v) is 2.89. The van der Waals surface area contributed by atoms with E-state index in [1.165, 1.54) is 11.1 Å². The molecule has 1 aliphatic rings. The quantitative estimate of drug-likeness (QED) is 0.801. The minimum Gasteiger partial charge on any atom is -0.508 e. The molecule has 20 heavy (non-hydrogen) atoms. The molecule has 2 aromatic carbocycles. The van der Waals surface area contributed by atoms with E-state index >= 15 is 0 Å². The normalized spacial score (nSPS) is 17.7. The standard InChI is InChI=1S/C17H19NO2/c19-14-9-8-12-5-3-6-16(15(12)10-14)18-11-13-4-1-2-7-17(13)20/h1-2,4,7-10,16,18-20H,3,5-6,11H2. The van der Waals surface area contributed by atoms with Crippen LogP contribution in [0.3, 0.4) is 0 Å². The zero-order chi connectivity index (χ0) is 13.9. The van der Waals surface area contributed by atoms with E-state index in [1.807, 2.05) is 30.3 Å². The highest BCUT2D eigenvalue weighted by Crippen LogP contribution is 2.32. The molecule has 0 heterocycles. The lowest BCUT2D eigenvalue weighted by Crippen LogP contribution is -2.24. The summed E-state index contributed by atoms with van der Waals surface area (Å²) in [5, 5.41) is 23.0. The summed E-state index contributed by atoms with van der Waals surface area (Å²) in [6.45, 7) is 0.631. The Balaban J connectivity index is 1.77. The van der Waals surface area contributed by atoms with Gasteiger partial charge in [-0.05, 0) is 48.6 Å². The van der Waals surface area contributed by atoms with Gasteiger partial charge in [0.05, 0.1) is 0 Å². The Morgan fingerprint density at radius 3 is 2.80 bits per heavy atom. The van der Waals surface area contributed by atoms with E-state index in [9.17, 15) is 10.2 Å². The molecular weight excluding hydrogens is 250 g/mol. The Hall–Kier alpha value is -2.00. The third-order valence-electron chi connectivity index (χ3n) is 3.97. The maximum Gasteiger partial charge on any atom is 0.120 e. The molecule has 1 aliphatic carbocycles. The first kappa shape index (κ1) is 13.0. The van der Waals surface area contributed by atoms with Gasteiger partial charge in [0.15, 0.2) is 0 Å². The summed E-state index contributed by atoms with van der Waals surface area (Å²) >= 11 is 0. The number of aryl methyl sites for hydroxylation is 1. The van der Waals surface area contributed by atoms with E-state index in [4.69, 9.17) is 0 Å². The second-order valence-electron chi connectivity index (χ2n) is 5.34. The number of hydrogen-bond donors (Lipinski definition) is 3. The smallest absolute Gasteiger partial charge is 0.120 e. The predicted octanol–water partition coefficient (Wildman–Crippen LogP) is 3.27. The van der Waals surface area contributed by atoms with Crippen molar-refractivity contribution in [1.82, 2.24) is 5.32 Å². The number of phenolic OH excluding ortho intramolecular Hbond substituents is 2. The van der Waals surface area contributed by atoms with Crippen molar-refractivity contribution in [2.75, 3.05) is 0 Å². The highest BCUT2D eigenvalue weighted by atomic mass is 16.3. The molecule has 3 rings (SSSR count). The lowest BCUT2D eigenvalue weighted by molar-refractivity contribution is 0.432. The molecule has 0 saturated heterocycles. The zero-order valence-corrected chi connectivity index (χ0v) is 11.3. The van der Waals surface area contributed by atoms with Crippen LogP contribution in [0.5, 0.6) is 11.5 Å². The summed E-state index contributed by atoms with van der Waals surface area (Å²) in [6.07, 6.45) is 3.28. The second-order valence-corrected chi connectivity index (χ2v) is 5.34. The molecule has 0 bridgehead atoms. The lowest BCUT2D eigenvalue weighted by Gasteiger charge is -2.27. The maximum absolute atomic E-state index is 9.80. The second kappa shape index (κ2) is 5.55. The number of benzene rings is 2. The number of para-hydroxylation sites is 1.